The van der Waals surface area contributed by atoms with Crippen LogP contribution in [0.1, 0.15) is 72.8 Å². The lowest BCUT2D eigenvalue weighted by atomic mass is 9.93. The SMILES string of the molecule is C=CCS[C@@]1(c2ccc(-c3ccccc3)cc2)C[C@@H](C(=O)N[C@]2(C(=O)NC(=O)C3CC3)C[C@H]2C=C)N(C(=O)[C@@H](NC(=O)OC(C)(C)C)NC(C)(C)C)C1. The van der Waals surface area contributed by atoms with Gasteiger partial charge in [0.15, 0.2) is 6.17 Å². The Kier molecular flexibility index (Phi) is 11.6. The molecule has 0 spiro atoms. The largest absolute Gasteiger partial charge is 0.444 e. The van der Waals surface area contributed by atoms with Gasteiger partial charge < -0.3 is 15.0 Å². The van der Waals surface area contributed by atoms with Crippen LogP contribution in [0.3, 0.4) is 0 Å². The average Bonchev–Trinajstić information content (AvgIpc) is 4.02. The fourth-order valence-corrected chi connectivity index (χ4v) is 7.99. The molecule has 2 saturated carbocycles. The van der Waals surface area contributed by atoms with Crippen molar-refractivity contribution in [1.29, 1.82) is 0 Å². The van der Waals surface area contributed by atoms with Crippen LogP contribution in [0.25, 0.3) is 11.1 Å². The van der Waals surface area contributed by atoms with Gasteiger partial charge in [0, 0.05) is 29.7 Å². The summed E-state index contributed by atoms with van der Waals surface area (Å²) >= 11 is 1.57. The number of benzene rings is 2. The van der Waals surface area contributed by atoms with Gasteiger partial charge in [-0.15, -0.1) is 24.9 Å². The molecule has 2 aromatic rings. The lowest BCUT2D eigenvalue weighted by Crippen LogP contribution is -2.63. The van der Waals surface area contributed by atoms with Gasteiger partial charge in [-0.3, -0.25) is 35.1 Å². The highest BCUT2D eigenvalue weighted by atomic mass is 32.2. The van der Waals surface area contributed by atoms with E-state index in [-0.39, 0.29) is 31.2 Å². The molecular weight excluding hydrogens is 691 g/mol. The first kappa shape index (κ1) is 39.8. The van der Waals surface area contributed by atoms with Crippen molar-refractivity contribution in [3.63, 3.8) is 0 Å². The molecule has 11 nitrogen and oxygen atoms in total. The zero-order valence-electron chi connectivity index (χ0n) is 31.6. The smallest absolute Gasteiger partial charge is 0.409 e. The lowest BCUT2D eigenvalue weighted by molar-refractivity contribution is -0.142. The Morgan fingerprint density at radius 1 is 0.925 bits per heavy atom. The van der Waals surface area contributed by atoms with Crippen molar-refractivity contribution in [2.24, 2.45) is 11.8 Å². The van der Waals surface area contributed by atoms with Crippen LogP contribution in [0.2, 0.25) is 0 Å². The molecule has 0 radical (unpaired) electrons. The fraction of sp³-hybridized carbons (Fsp3) is 0.488. The van der Waals surface area contributed by atoms with Gasteiger partial charge >= 0.3 is 6.09 Å². The molecule has 0 unspecified atom stereocenters. The van der Waals surface area contributed by atoms with E-state index in [1.54, 1.807) is 44.7 Å². The number of nitrogens with one attached hydrogen (secondary N) is 4. The number of imide groups is 1. The quantitative estimate of drug-likeness (QED) is 0.121. The Morgan fingerprint density at radius 2 is 1.57 bits per heavy atom. The number of likely N-dealkylation sites (tertiary alicyclic amines) is 1. The molecule has 1 heterocycles. The van der Waals surface area contributed by atoms with Crippen LogP contribution in [0.5, 0.6) is 0 Å². The summed E-state index contributed by atoms with van der Waals surface area (Å²) in [6.45, 7) is 18.7. The second-order valence-corrected chi connectivity index (χ2v) is 17.7. The number of thioether (sulfide) groups is 1. The van der Waals surface area contributed by atoms with Crippen molar-refractivity contribution >= 4 is 41.5 Å². The van der Waals surface area contributed by atoms with Gasteiger partial charge in [-0.2, -0.15) is 0 Å². The molecular formula is C41H53N5O6S. The van der Waals surface area contributed by atoms with Gasteiger partial charge in [0.2, 0.25) is 11.8 Å². The Balaban J connectivity index is 1.52. The zero-order valence-corrected chi connectivity index (χ0v) is 32.4. The third-order valence-corrected chi connectivity index (χ3v) is 11.1. The minimum atomic E-state index is -1.37. The van der Waals surface area contributed by atoms with Crippen molar-refractivity contribution in [3.05, 3.63) is 85.5 Å². The fourth-order valence-electron chi connectivity index (χ4n) is 6.74. The van der Waals surface area contributed by atoms with Gasteiger partial charge in [-0.25, -0.2) is 4.79 Å². The highest BCUT2D eigenvalue weighted by Crippen LogP contribution is 2.49. The summed E-state index contributed by atoms with van der Waals surface area (Å²) in [5, 5.41) is 11.4. The number of hydrogen-bond acceptors (Lipinski definition) is 8. The van der Waals surface area contributed by atoms with Crippen molar-refractivity contribution in [2.75, 3.05) is 12.3 Å². The lowest BCUT2D eigenvalue weighted by Gasteiger charge is -2.34. The topological polar surface area (TPSA) is 146 Å². The van der Waals surface area contributed by atoms with Crippen molar-refractivity contribution in [2.45, 2.75) is 101 Å². The van der Waals surface area contributed by atoms with E-state index < -0.39 is 63.4 Å². The molecule has 0 aromatic heterocycles. The van der Waals surface area contributed by atoms with E-state index in [4.69, 9.17) is 4.74 Å². The molecule has 12 heteroatoms. The number of carbonyl (C=O) groups excluding carboxylic acids is 5. The Hall–Kier alpha value is -4.42. The molecule has 0 bridgehead atoms. The van der Waals surface area contributed by atoms with Crippen molar-refractivity contribution < 1.29 is 28.7 Å². The number of rotatable bonds is 13. The molecule has 1 aliphatic heterocycles. The number of alkyl carbamates (subject to hydrolysis) is 1. The third kappa shape index (κ3) is 9.58. The maximum atomic E-state index is 14.8. The summed E-state index contributed by atoms with van der Waals surface area (Å²) in [5.74, 6) is -2.05. The van der Waals surface area contributed by atoms with E-state index in [0.29, 0.717) is 5.75 Å². The van der Waals surface area contributed by atoms with Crippen LogP contribution in [-0.2, 0) is 28.7 Å². The number of amides is 5. The summed E-state index contributed by atoms with van der Waals surface area (Å²) in [6, 6.07) is 17.1. The molecule has 5 amide bonds. The van der Waals surface area contributed by atoms with E-state index in [0.717, 1.165) is 29.5 Å². The van der Waals surface area contributed by atoms with Crippen LogP contribution in [-0.4, -0.2) is 75.8 Å². The number of hydrogen-bond donors (Lipinski definition) is 4. The molecule has 1 saturated heterocycles. The molecule has 3 aliphatic rings. The van der Waals surface area contributed by atoms with E-state index in [9.17, 15) is 24.0 Å². The predicted molar refractivity (Wildman–Crippen MR) is 207 cm³/mol. The minimum Gasteiger partial charge on any atom is -0.444 e. The van der Waals surface area contributed by atoms with E-state index in [2.05, 4.69) is 34.4 Å². The molecule has 53 heavy (non-hydrogen) atoms. The number of ether oxygens (including phenoxy) is 1. The summed E-state index contributed by atoms with van der Waals surface area (Å²) in [4.78, 5) is 70.1. The minimum absolute atomic E-state index is 0.121. The molecule has 4 N–H and O–H groups in total. The maximum Gasteiger partial charge on any atom is 0.409 e. The van der Waals surface area contributed by atoms with Gasteiger partial charge in [0.25, 0.3) is 11.8 Å². The number of carbonyl (C=O) groups is 5. The van der Waals surface area contributed by atoms with Crippen molar-refractivity contribution in [1.82, 2.24) is 26.2 Å². The van der Waals surface area contributed by atoms with E-state index in [1.807, 2.05) is 75.4 Å². The molecule has 3 fully saturated rings. The summed E-state index contributed by atoms with van der Waals surface area (Å²) < 4.78 is 4.76. The van der Waals surface area contributed by atoms with Crippen LogP contribution < -0.4 is 21.3 Å². The van der Waals surface area contributed by atoms with Gasteiger partial charge in [0.1, 0.15) is 17.2 Å². The van der Waals surface area contributed by atoms with Gasteiger partial charge in [-0.05, 0) is 83.9 Å². The Labute approximate surface area is 317 Å². The van der Waals surface area contributed by atoms with Crippen LogP contribution in [0, 0.1) is 11.8 Å². The summed E-state index contributed by atoms with van der Waals surface area (Å²) in [5.41, 5.74) is 0.173. The first-order valence-electron chi connectivity index (χ1n) is 18.2. The number of nitrogens with zero attached hydrogens (tertiary/aromatic N) is 1. The maximum absolute atomic E-state index is 14.8. The van der Waals surface area contributed by atoms with Crippen molar-refractivity contribution in [3.8, 4) is 11.1 Å². The second kappa shape index (κ2) is 15.5. The monoisotopic (exact) mass is 743 g/mol. The van der Waals surface area contributed by atoms with E-state index >= 15 is 0 Å². The van der Waals surface area contributed by atoms with Crippen LogP contribution in [0.15, 0.2) is 79.9 Å². The normalized spacial score (nSPS) is 24.4. The van der Waals surface area contributed by atoms with Crippen LogP contribution >= 0.6 is 11.8 Å². The first-order valence-corrected chi connectivity index (χ1v) is 19.2. The Bertz CT molecular complexity index is 1730. The van der Waals surface area contributed by atoms with Gasteiger partial charge in [0.05, 0.1) is 4.75 Å². The Morgan fingerprint density at radius 3 is 2.11 bits per heavy atom. The molecule has 2 aliphatic carbocycles. The second-order valence-electron chi connectivity index (χ2n) is 16.3. The molecule has 2 aromatic carbocycles. The average molecular weight is 744 g/mol. The summed E-state index contributed by atoms with van der Waals surface area (Å²) in [7, 11) is 0. The molecule has 5 atom stereocenters. The van der Waals surface area contributed by atoms with Crippen LogP contribution in [0.4, 0.5) is 4.79 Å². The predicted octanol–water partition coefficient (Wildman–Crippen LogP) is 5.42. The summed E-state index contributed by atoms with van der Waals surface area (Å²) in [6.07, 6.45) is 3.27. The van der Waals surface area contributed by atoms with Gasteiger partial charge in [-0.1, -0.05) is 66.7 Å². The molecule has 5 rings (SSSR count). The zero-order chi connectivity index (χ0) is 38.8. The highest BCUT2D eigenvalue weighted by Gasteiger charge is 2.62. The van der Waals surface area contributed by atoms with E-state index in [1.165, 1.54) is 4.90 Å². The molecule has 284 valence electrons. The standard InChI is InChI=1S/C41H53N5O6S/c1-9-22-53-40(30-20-18-27(19-21-30)26-14-12-11-13-15-26)24-31(34(48)45-41(23-29(41)10-2)36(50)43-33(47)28-16-17-28)46(25-40)35(49)32(44-38(3,4)5)42-37(51)52-39(6,7)8/h9-15,18-21,28-29,31-32,44H,1-2,16-17,22-25H2,3-8H3,(H,42,51)(H,45,48)(H,43,47,50)/t29-,31+,32+,40+,41-/m1/s1. The first-order chi connectivity index (χ1) is 24.9. The third-order valence-electron chi connectivity index (χ3n) is 9.63. The highest BCUT2D eigenvalue weighted by molar-refractivity contribution is 8.00.